The summed E-state index contributed by atoms with van der Waals surface area (Å²) >= 11 is 0. The van der Waals surface area contributed by atoms with Crippen LogP contribution >= 0.6 is 0 Å². The fourth-order valence-electron chi connectivity index (χ4n) is 1.95. The van der Waals surface area contributed by atoms with Crippen molar-refractivity contribution in [1.29, 1.82) is 0 Å². The minimum absolute atomic E-state index is 0.155. The lowest BCUT2D eigenvalue weighted by Crippen LogP contribution is -2.46. The average molecular weight is 290 g/mol. The molecule has 114 valence electrons. The van der Waals surface area contributed by atoms with Gasteiger partial charge in [-0.3, -0.25) is 4.79 Å². The molecule has 0 amide bonds. The molecule has 0 spiro atoms. The summed E-state index contributed by atoms with van der Waals surface area (Å²) in [4.78, 5) is 11.8. The minimum Gasteiger partial charge on any atom is -0.374 e. The van der Waals surface area contributed by atoms with Crippen molar-refractivity contribution >= 4 is 14.6 Å². The molecular weight excluding hydrogens is 260 g/mol. The molecular formula is C14H30O4Si. The van der Waals surface area contributed by atoms with Crippen LogP contribution in [0.5, 0.6) is 0 Å². The van der Waals surface area contributed by atoms with E-state index in [4.69, 9.17) is 13.3 Å². The Morgan fingerprint density at radius 1 is 1.00 bits per heavy atom. The highest BCUT2D eigenvalue weighted by Gasteiger charge is 2.39. The molecule has 0 aromatic rings. The maximum absolute atomic E-state index is 11.8. The topological polar surface area (TPSA) is 44.8 Å². The van der Waals surface area contributed by atoms with Crippen molar-refractivity contribution in [1.82, 2.24) is 0 Å². The standard InChI is InChI=1S/C14H30O4Si/c1-6-13(5)14(15)11-10-12-19(16-7-2,17-8-3)18-9-4/h13H,6-12H2,1-5H3. The van der Waals surface area contributed by atoms with Crippen LogP contribution in [0.15, 0.2) is 0 Å². The Bertz CT molecular complexity index is 229. The first-order valence-electron chi connectivity index (χ1n) is 7.49. The third-order valence-electron chi connectivity index (χ3n) is 3.16. The van der Waals surface area contributed by atoms with E-state index in [1.165, 1.54) is 0 Å². The smallest absolute Gasteiger partial charge is 0.374 e. The van der Waals surface area contributed by atoms with E-state index in [-0.39, 0.29) is 5.92 Å². The molecule has 0 rings (SSSR count). The van der Waals surface area contributed by atoms with Gasteiger partial charge in [-0.25, -0.2) is 0 Å². The van der Waals surface area contributed by atoms with Crippen LogP contribution in [-0.2, 0) is 18.1 Å². The Hall–Kier alpha value is -0.233. The predicted octanol–water partition coefficient (Wildman–Crippen LogP) is 3.43. The van der Waals surface area contributed by atoms with Crippen LogP contribution in [0, 0.1) is 5.92 Å². The highest BCUT2D eigenvalue weighted by Crippen LogP contribution is 2.20. The Morgan fingerprint density at radius 2 is 1.47 bits per heavy atom. The largest absolute Gasteiger partial charge is 0.500 e. The lowest BCUT2D eigenvalue weighted by atomic mass is 10.0. The normalized spacial score (nSPS) is 13.5. The van der Waals surface area contributed by atoms with Crippen molar-refractivity contribution in [2.24, 2.45) is 5.92 Å². The van der Waals surface area contributed by atoms with Crippen molar-refractivity contribution in [3.8, 4) is 0 Å². The van der Waals surface area contributed by atoms with Crippen LogP contribution in [0.3, 0.4) is 0 Å². The maximum atomic E-state index is 11.8. The summed E-state index contributed by atoms with van der Waals surface area (Å²) in [6.07, 6.45) is 2.29. The molecule has 0 heterocycles. The minimum atomic E-state index is -2.56. The van der Waals surface area contributed by atoms with Gasteiger partial charge in [0.25, 0.3) is 0 Å². The van der Waals surface area contributed by atoms with Gasteiger partial charge in [0, 0.05) is 38.2 Å². The number of carbonyl (C=O) groups is 1. The van der Waals surface area contributed by atoms with Gasteiger partial charge in [-0.2, -0.15) is 0 Å². The number of ketones is 1. The molecule has 0 bridgehead atoms. The third-order valence-corrected chi connectivity index (χ3v) is 6.31. The molecule has 1 atom stereocenters. The quantitative estimate of drug-likeness (QED) is 0.517. The molecule has 0 aromatic heterocycles. The summed E-state index contributed by atoms with van der Waals surface area (Å²) in [5.41, 5.74) is 0. The van der Waals surface area contributed by atoms with Crippen molar-refractivity contribution in [2.45, 2.75) is 59.9 Å². The van der Waals surface area contributed by atoms with Crippen LogP contribution in [0.25, 0.3) is 0 Å². The molecule has 0 aromatic carbocycles. The Morgan fingerprint density at radius 3 is 1.84 bits per heavy atom. The molecule has 0 saturated heterocycles. The zero-order valence-corrected chi connectivity index (χ0v) is 14.2. The Kier molecular flexibility index (Phi) is 10.4. The summed E-state index contributed by atoms with van der Waals surface area (Å²) in [6, 6.07) is 0.727. The molecule has 0 aliphatic heterocycles. The fourth-order valence-corrected chi connectivity index (χ4v) is 4.57. The molecule has 0 fully saturated rings. The molecule has 0 aliphatic rings. The van der Waals surface area contributed by atoms with Crippen molar-refractivity contribution in [2.75, 3.05) is 19.8 Å². The average Bonchev–Trinajstić information content (AvgIpc) is 2.38. The highest BCUT2D eigenvalue weighted by atomic mass is 28.4. The number of carbonyl (C=O) groups excluding carboxylic acids is 1. The summed E-state index contributed by atoms with van der Waals surface area (Å²) in [5.74, 6) is 0.484. The summed E-state index contributed by atoms with van der Waals surface area (Å²) in [5, 5.41) is 0. The van der Waals surface area contributed by atoms with Gasteiger partial charge in [0.05, 0.1) is 0 Å². The zero-order valence-electron chi connectivity index (χ0n) is 13.2. The second-order valence-electron chi connectivity index (χ2n) is 4.61. The van der Waals surface area contributed by atoms with Crippen molar-refractivity contribution < 1.29 is 18.1 Å². The van der Waals surface area contributed by atoms with Gasteiger partial charge in [0.1, 0.15) is 5.78 Å². The first-order valence-corrected chi connectivity index (χ1v) is 9.42. The molecule has 4 nitrogen and oxygen atoms in total. The van der Waals surface area contributed by atoms with Crippen molar-refractivity contribution in [3.05, 3.63) is 0 Å². The van der Waals surface area contributed by atoms with Crippen LogP contribution < -0.4 is 0 Å². The zero-order chi connectivity index (χ0) is 14.7. The first kappa shape index (κ1) is 18.8. The van der Waals surface area contributed by atoms with E-state index < -0.39 is 8.80 Å². The van der Waals surface area contributed by atoms with Gasteiger partial charge in [-0.05, 0) is 33.6 Å². The molecule has 0 aliphatic carbocycles. The van der Waals surface area contributed by atoms with Gasteiger partial charge in [0.2, 0.25) is 0 Å². The summed E-state index contributed by atoms with van der Waals surface area (Å²) in [6.45, 7) is 11.6. The van der Waals surface area contributed by atoms with E-state index in [1.807, 2.05) is 34.6 Å². The summed E-state index contributed by atoms with van der Waals surface area (Å²) in [7, 11) is -2.56. The Labute approximate surface area is 119 Å². The van der Waals surface area contributed by atoms with Crippen LogP contribution in [-0.4, -0.2) is 34.4 Å². The van der Waals surface area contributed by atoms with Crippen molar-refractivity contribution in [3.63, 3.8) is 0 Å². The van der Waals surface area contributed by atoms with Crippen LogP contribution in [0.1, 0.15) is 53.9 Å². The van der Waals surface area contributed by atoms with Gasteiger partial charge >= 0.3 is 8.80 Å². The number of hydrogen-bond acceptors (Lipinski definition) is 4. The molecule has 19 heavy (non-hydrogen) atoms. The van der Waals surface area contributed by atoms with Gasteiger partial charge in [-0.1, -0.05) is 13.8 Å². The van der Waals surface area contributed by atoms with E-state index in [1.54, 1.807) is 0 Å². The molecule has 5 heteroatoms. The number of rotatable bonds is 12. The Balaban J connectivity index is 4.35. The molecule has 0 saturated carbocycles. The second-order valence-corrected chi connectivity index (χ2v) is 7.34. The van der Waals surface area contributed by atoms with Crippen LogP contribution in [0.4, 0.5) is 0 Å². The number of hydrogen-bond donors (Lipinski definition) is 0. The first-order chi connectivity index (χ1) is 9.05. The number of Topliss-reactive ketones (excluding diaryl/α,β-unsaturated/α-hetero) is 1. The molecule has 0 radical (unpaired) electrons. The van der Waals surface area contributed by atoms with Gasteiger partial charge < -0.3 is 13.3 Å². The lowest BCUT2D eigenvalue weighted by Gasteiger charge is -2.28. The van der Waals surface area contributed by atoms with E-state index in [9.17, 15) is 4.79 Å². The summed E-state index contributed by atoms with van der Waals surface area (Å²) < 4.78 is 17.3. The highest BCUT2D eigenvalue weighted by molar-refractivity contribution is 6.60. The predicted molar refractivity (Wildman–Crippen MR) is 79.1 cm³/mol. The monoisotopic (exact) mass is 290 g/mol. The van der Waals surface area contributed by atoms with E-state index >= 15 is 0 Å². The molecule has 1 unspecified atom stereocenters. The SMILES string of the molecule is CCO[Si](CCCC(=O)C(C)CC)(OCC)OCC. The fraction of sp³-hybridized carbons (Fsp3) is 0.929. The third kappa shape index (κ3) is 7.20. The van der Waals surface area contributed by atoms with Gasteiger partial charge in [-0.15, -0.1) is 0 Å². The van der Waals surface area contributed by atoms with Crippen LogP contribution in [0.2, 0.25) is 6.04 Å². The molecule has 0 N–H and O–H groups in total. The van der Waals surface area contributed by atoms with E-state index in [0.717, 1.165) is 18.9 Å². The van der Waals surface area contributed by atoms with E-state index in [0.29, 0.717) is 32.0 Å². The van der Waals surface area contributed by atoms with E-state index in [2.05, 4.69) is 0 Å². The lowest BCUT2D eigenvalue weighted by molar-refractivity contribution is -0.122. The maximum Gasteiger partial charge on any atom is 0.500 e. The van der Waals surface area contributed by atoms with Gasteiger partial charge in [0.15, 0.2) is 0 Å². The second kappa shape index (κ2) is 10.5.